The highest BCUT2D eigenvalue weighted by Gasteiger charge is 2.25. The van der Waals surface area contributed by atoms with Gasteiger partial charge < -0.3 is 14.8 Å². The van der Waals surface area contributed by atoms with Crippen LogP contribution in [-0.4, -0.2) is 28.5 Å². The number of nitrogens with one attached hydrogen (secondary N) is 1. The lowest BCUT2D eigenvalue weighted by atomic mass is 9.92. The molecular formula is C13H20N2O4. The Balaban J connectivity index is 2.61. The van der Waals surface area contributed by atoms with Gasteiger partial charge in [0.1, 0.15) is 5.76 Å². The van der Waals surface area contributed by atoms with Crippen LogP contribution in [0, 0.1) is 6.92 Å². The molecule has 1 heterocycles. The molecule has 0 bridgehead atoms. The van der Waals surface area contributed by atoms with Crippen LogP contribution in [0.2, 0.25) is 0 Å². The van der Waals surface area contributed by atoms with Gasteiger partial charge in [0.15, 0.2) is 0 Å². The van der Waals surface area contributed by atoms with Crippen molar-refractivity contribution in [2.75, 3.05) is 6.54 Å². The predicted octanol–water partition coefficient (Wildman–Crippen LogP) is 1.88. The highest BCUT2D eigenvalue weighted by atomic mass is 16.4. The predicted molar refractivity (Wildman–Crippen MR) is 69.1 cm³/mol. The topological polar surface area (TPSA) is 92.4 Å². The molecular weight excluding hydrogens is 248 g/mol. The molecule has 2 N–H and O–H groups in total. The molecule has 0 spiro atoms. The van der Waals surface area contributed by atoms with Gasteiger partial charge in [0.25, 0.3) is 5.89 Å². The minimum absolute atomic E-state index is 0.0257. The third kappa shape index (κ3) is 4.39. The maximum atomic E-state index is 11.8. The first kappa shape index (κ1) is 15.2. The standard InChI is InChI=1S/C13H20N2O4/c1-8-10(13(2,3)4)19-12(15-8)11(18)14-7-5-6-9(16)17/h5-7H2,1-4H3,(H,14,18)(H,16,17). The van der Waals surface area contributed by atoms with Gasteiger partial charge in [-0.3, -0.25) is 9.59 Å². The average molecular weight is 268 g/mol. The second-order valence-corrected chi connectivity index (χ2v) is 5.44. The molecule has 0 aromatic carbocycles. The Labute approximate surface area is 112 Å². The highest BCUT2D eigenvalue weighted by molar-refractivity contribution is 5.89. The largest absolute Gasteiger partial charge is 0.481 e. The van der Waals surface area contributed by atoms with Crippen molar-refractivity contribution in [1.29, 1.82) is 0 Å². The SMILES string of the molecule is Cc1nc(C(=O)NCCCC(=O)O)oc1C(C)(C)C. The van der Waals surface area contributed by atoms with E-state index in [9.17, 15) is 9.59 Å². The van der Waals surface area contributed by atoms with Crippen molar-refractivity contribution in [2.45, 2.75) is 46.0 Å². The van der Waals surface area contributed by atoms with Crippen LogP contribution in [-0.2, 0) is 10.2 Å². The summed E-state index contributed by atoms with van der Waals surface area (Å²) in [4.78, 5) is 26.2. The summed E-state index contributed by atoms with van der Waals surface area (Å²) in [5.41, 5.74) is 0.488. The minimum Gasteiger partial charge on any atom is -0.481 e. The van der Waals surface area contributed by atoms with Crippen molar-refractivity contribution in [1.82, 2.24) is 10.3 Å². The van der Waals surface area contributed by atoms with Crippen molar-refractivity contribution < 1.29 is 19.1 Å². The van der Waals surface area contributed by atoms with E-state index in [0.29, 0.717) is 17.9 Å². The summed E-state index contributed by atoms with van der Waals surface area (Å²) < 4.78 is 5.48. The van der Waals surface area contributed by atoms with Crippen LogP contribution >= 0.6 is 0 Å². The first-order chi connectivity index (χ1) is 8.71. The number of carbonyl (C=O) groups excluding carboxylic acids is 1. The molecule has 0 saturated carbocycles. The van der Waals surface area contributed by atoms with E-state index in [4.69, 9.17) is 9.52 Å². The fraction of sp³-hybridized carbons (Fsp3) is 0.615. The summed E-state index contributed by atoms with van der Waals surface area (Å²) in [6.45, 7) is 8.03. The number of aromatic nitrogens is 1. The number of rotatable bonds is 5. The van der Waals surface area contributed by atoms with E-state index < -0.39 is 11.9 Å². The number of carboxylic acids is 1. The van der Waals surface area contributed by atoms with E-state index in [1.165, 1.54) is 0 Å². The summed E-state index contributed by atoms with van der Waals surface area (Å²) in [7, 11) is 0. The van der Waals surface area contributed by atoms with Gasteiger partial charge in [0, 0.05) is 18.4 Å². The first-order valence-electron chi connectivity index (χ1n) is 6.19. The van der Waals surface area contributed by atoms with Crippen molar-refractivity contribution in [3.05, 3.63) is 17.3 Å². The molecule has 1 amide bonds. The molecule has 6 heteroatoms. The van der Waals surface area contributed by atoms with E-state index in [1.807, 2.05) is 20.8 Å². The molecule has 0 fully saturated rings. The molecule has 0 atom stereocenters. The van der Waals surface area contributed by atoms with Crippen molar-refractivity contribution >= 4 is 11.9 Å². The summed E-state index contributed by atoms with van der Waals surface area (Å²) >= 11 is 0. The Kier molecular flexibility index (Phi) is 4.69. The van der Waals surface area contributed by atoms with Crippen molar-refractivity contribution in [3.8, 4) is 0 Å². The Morgan fingerprint density at radius 3 is 2.47 bits per heavy atom. The average Bonchev–Trinajstić information content (AvgIpc) is 2.66. The normalized spacial score (nSPS) is 11.4. The van der Waals surface area contributed by atoms with Gasteiger partial charge in [0.2, 0.25) is 0 Å². The number of aliphatic carboxylic acids is 1. The molecule has 1 rings (SSSR count). The van der Waals surface area contributed by atoms with E-state index in [0.717, 1.165) is 0 Å². The van der Waals surface area contributed by atoms with E-state index in [2.05, 4.69) is 10.3 Å². The van der Waals surface area contributed by atoms with Crippen LogP contribution in [0.15, 0.2) is 4.42 Å². The number of amides is 1. The minimum atomic E-state index is -0.878. The summed E-state index contributed by atoms with van der Waals surface area (Å²) in [6.07, 6.45) is 0.408. The number of nitrogens with zero attached hydrogens (tertiary/aromatic N) is 1. The smallest absolute Gasteiger partial charge is 0.307 e. The Morgan fingerprint density at radius 1 is 1.37 bits per heavy atom. The number of hydrogen-bond donors (Lipinski definition) is 2. The fourth-order valence-corrected chi connectivity index (χ4v) is 1.71. The second-order valence-electron chi connectivity index (χ2n) is 5.44. The molecule has 1 aromatic heterocycles. The summed E-state index contributed by atoms with van der Waals surface area (Å²) in [6, 6.07) is 0. The lowest BCUT2D eigenvalue weighted by Gasteiger charge is -2.14. The number of oxazole rings is 1. The molecule has 0 aliphatic rings. The van der Waals surface area contributed by atoms with Gasteiger partial charge in [-0.05, 0) is 13.3 Å². The molecule has 106 valence electrons. The van der Waals surface area contributed by atoms with Gasteiger partial charge in [-0.15, -0.1) is 0 Å². The monoisotopic (exact) mass is 268 g/mol. The van der Waals surface area contributed by atoms with Crippen molar-refractivity contribution in [2.24, 2.45) is 0 Å². The van der Waals surface area contributed by atoms with Gasteiger partial charge >= 0.3 is 11.9 Å². The molecule has 0 aliphatic carbocycles. The molecule has 0 saturated heterocycles. The van der Waals surface area contributed by atoms with Crippen LogP contribution in [0.4, 0.5) is 0 Å². The van der Waals surface area contributed by atoms with Gasteiger partial charge in [-0.25, -0.2) is 4.98 Å². The van der Waals surface area contributed by atoms with E-state index >= 15 is 0 Å². The molecule has 6 nitrogen and oxygen atoms in total. The molecule has 19 heavy (non-hydrogen) atoms. The number of hydrogen-bond acceptors (Lipinski definition) is 4. The summed E-state index contributed by atoms with van der Waals surface area (Å²) in [5, 5.41) is 11.1. The fourth-order valence-electron chi connectivity index (χ4n) is 1.71. The Bertz CT molecular complexity index is 471. The third-order valence-corrected chi connectivity index (χ3v) is 2.52. The van der Waals surface area contributed by atoms with E-state index in [-0.39, 0.29) is 24.3 Å². The van der Waals surface area contributed by atoms with Crippen molar-refractivity contribution in [3.63, 3.8) is 0 Å². The summed E-state index contributed by atoms with van der Waals surface area (Å²) in [5.74, 6) is -0.582. The highest BCUT2D eigenvalue weighted by Crippen LogP contribution is 2.26. The van der Waals surface area contributed by atoms with Crippen LogP contribution < -0.4 is 5.32 Å². The molecule has 0 unspecified atom stereocenters. The maximum Gasteiger partial charge on any atom is 0.307 e. The zero-order valence-corrected chi connectivity index (χ0v) is 11.7. The lowest BCUT2D eigenvalue weighted by molar-refractivity contribution is -0.137. The number of carboxylic acid groups (broad SMARTS) is 1. The first-order valence-corrected chi connectivity index (χ1v) is 6.19. The van der Waals surface area contributed by atoms with Gasteiger partial charge in [0.05, 0.1) is 5.69 Å². The Hall–Kier alpha value is -1.85. The van der Waals surface area contributed by atoms with Gasteiger partial charge in [-0.2, -0.15) is 0 Å². The molecule has 0 radical (unpaired) electrons. The second kappa shape index (κ2) is 5.86. The third-order valence-electron chi connectivity index (χ3n) is 2.52. The Morgan fingerprint density at radius 2 is 2.00 bits per heavy atom. The zero-order chi connectivity index (χ0) is 14.6. The van der Waals surface area contributed by atoms with Crippen LogP contribution in [0.3, 0.4) is 0 Å². The van der Waals surface area contributed by atoms with Crippen LogP contribution in [0.25, 0.3) is 0 Å². The van der Waals surface area contributed by atoms with Crippen LogP contribution in [0.1, 0.15) is 55.8 Å². The number of aryl methyl sites for hydroxylation is 1. The van der Waals surface area contributed by atoms with Crippen LogP contribution in [0.5, 0.6) is 0 Å². The maximum absolute atomic E-state index is 11.8. The molecule has 1 aromatic rings. The number of carbonyl (C=O) groups is 2. The van der Waals surface area contributed by atoms with Gasteiger partial charge in [-0.1, -0.05) is 20.8 Å². The molecule has 0 aliphatic heterocycles. The zero-order valence-electron chi connectivity index (χ0n) is 11.7. The lowest BCUT2D eigenvalue weighted by Crippen LogP contribution is -2.25. The van der Waals surface area contributed by atoms with E-state index in [1.54, 1.807) is 6.92 Å². The quantitative estimate of drug-likeness (QED) is 0.795.